The molecule has 0 fully saturated rings. The minimum absolute atomic E-state index is 0.0368. The molecule has 2 aromatic carbocycles. The van der Waals surface area contributed by atoms with Crippen molar-refractivity contribution in [1.82, 2.24) is 4.57 Å². The maximum Gasteiger partial charge on any atom is 0.313 e. The molecule has 0 radical (unpaired) electrons. The summed E-state index contributed by atoms with van der Waals surface area (Å²) in [6, 6.07) is 9.00. The molecule has 0 saturated heterocycles. The van der Waals surface area contributed by atoms with Crippen LogP contribution >= 0.6 is 11.6 Å². The number of aromatic hydroxyl groups is 1. The summed E-state index contributed by atoms with van der Waals surface area (Å²) in [5, 5.41) is 10.4. The van der Waals surface area contributed by atoms with Crippen LogP contribution in [0.25, 0.3) is 10.9 Å². The molecule has 0 aliphatic carbocycles. The quantitative estimate of drug-likeness (QED) is 0.408. The van der Waals surface area contributed by atoms with Crippen molar-refractivity contribution in [2.24, 2.45) is 0 Å². The van der Waals surface area contributed by atoms with E-state index in [1.165, 1.54) is 16.7 Å². The highest BCUT2D eigenvalue weighted by Crippen LogP contribution is 2.37. The third-order valence-electron chi connectivity index (χ3n) is 5.16. The van der Waals surface area contributed by atoms with Crippen molar-refractivity contribution in [2.45, 2.75) is 39.5 Å². The first-order valence-electron chi connectivity index (χ1n) is 9.77. The molecule has 30 heavy (non-hydrogen) atoms. The number of esters is 1. The van der Waals surface area contributed by atoms with Crippen LogP contribution in [0.15, 0.2) is 36.4 Å². The number of hydrogen-bond donors (Lipinski definition) is 1. The van der Waals surface area contributed by atoms with E-state index in [-0.39, 0.29) is 17.5 Å². The largest absolute Gasteiger partial charge is 0.505 e. The second-order valence-corrected chi connectivity index (χ2v) is 7.62. The first-order chi connectivity index (χ1) is 14.3. The molecule has 0 unspecified atom stereocenters. The van der Waals surface area contributed by atoms with Crippen molar-refractivity contribution >= 4 is 34.4 Å². The monoisotopic (exact) mass is 431 g/mol. The highest BCUT2D eigenvalue weighted by atomic mass is 35.5. The van der Waals surface area contributed by atoms with E-state index in [1.807, 2.05) is 6.92 Å². The minimum atomic E-state index is -0.874. The summed E-state index contributed by atoms with van der Waals surface area (Å²) >= 11 is 5.91. The molecule has 0 spiro atoms. The van der Waals surface area contributed by atoms with Crippen molar-refractivity contribution in [3.8, 4) is 5.75 Å². The Morgan fingerprint density at radius 2 is 1.87 bits per heavy atom. The molecule has 5 nitrogen and oxygen atoms in total. The van der Waals surface area contributed by atoms with Gasteiger partial charge in [-0.1, -0.05) is 24.9 Å². The number of fused-ring (bicyclic) bond motifs is 1. The van der Waals surface area contributed by atoms with Crippen LogP contribution in [0.3, 0.4) is 0 Å². The summed E-state index contributed by atoms with van der Waals surface area (Å²) in [5.41, 5.74) is 1.36. The maximum atomic E-state index is 15.0. The second-order valence-electron chi connectivity index (χ2n) is 7.18. The van der Waals surface area contributed by atoms with Crippen LogP contribution in [0.4, 0.5) is 4.39 Å². The van der Waals surface area contributed by atoms with Gasteiger partial charge in [0.1, 0.15) is 0 Å². The van der Waals surface area contributed by atoms with E-state index in [1.54, 1.807) is 38.1 Å². The fourth-order valence-electron chi connectivity index (χ4n) is 3.55. The van der Waals surface area contributed by atoms with Gasteiger partial charge in [-0.25, -0.2) is 4.39 Å². The smallest absolute Gasteiger partial charge is 0.313 e. The Kier molecular flexibility index (Phi) is 6.46. The van der Waals surface area contributed by atoms with Gasteiger partial charge in [-0.3, -0.25) is 14.2 Å². The zero-order valence-corrected chi connectivity index (χ0v) is 17.8. The Hall–Kier alpha value is -2.86. The molecule has 0 aliphatic heterocycles. The van der Waals surface area contributed by atoms with Gasteiger partial charge in [0.15, 0.2) is 11.6 Å². The zero-order chi connectivity index (χ0) is 22.0. The van der Waals surface area contributed by atoms with E-state index in [2.05, 4.69) is 0 Å². The number of halogens is 2. The van der Waals surface area contributed by atoms with Gasteiger partial charge in [0.25, 0.3) is 5.91 Å². The van der Waals surface area contributed by atoms with Gasteiger partial charge < -0.3 is 9.84 Å². The van der Waals surface area contributed by atoms with Gasteiger partial charge in [-0.15, -0.1) is 0 Å². The first-order valence-corrected chi connectivity index (χ1v) is 10.1. The Morgan fingerprint density at radius 3 is 2.50 bits per heavy atom. The molecule has 0 bridgehead atoms. The predicted octanol–water partition coefficient (Wildman–Crippen LogP) is 5.58. The topological polar surface area (TPSA) is 68.5 Å². The number of phenolic OH excluding ortho intramolecular Hbond substituents is 1. The van der Waals surface area contributed by atoms with E-state index < -0.39 is 29.4 Å². The number of carbonyl (C=O) groups is 2. The van der Waals surface area contributed by atoms with Crippen LogP contribution in [0.2, 0.25) is 5.02 Å². The van der Waals surface area contributed by atoms with Gasteiger partial charge in [0, 0.05) is 21.7 Å². The molecule has 1 heterocycles. The molecule has 1 aromatic heterocycles. The Balaban J connectivity index is 2.17. The van der Waals surface area contributed by atoms with E-state index in [9.17, 15) is 19.1 Å². The highest BCUT2D eigenvalue weighted by Gasteiger charge is 2.30. The molecule has 0 aliphatic rings. The van der Waals surface area contributed by atoms with Crippen molar-refractivity contribution < 1.29 is 23.8 Å². The van der Waals surface area contributed by atoms with Gasteiger partial charge in [-0.2, -0.15) is 0 Å². The molecule has 158 valence electrons. The fraction of sp³-hybridized carbons (Fsp3) is 0.304. The Morgan fingerprint density at radius 1 is 1.20 bits per heavy atom. The summed E-state index contributed by atoms with van der Waals surface area (Å²) in [6.07, 6.45) is 1.60. The average molecular weight is 432 g/mol. The number of ether oxygens (including phenoxy) is 1. The van der Waals surface area contributed by atoms with Crippen LogP contribution in [0.1, 0.15) is 54.2 Å². The van der Waals surface area contributed by atoms with E-state index >= 15 is 0 Å². The van der Waals surface area contributed by atoms with Crippen LogP contribution in [-0.2, 0) is 9.53 Å². The van der Waals surface area contributed by atoms with Crippen LogP contribution in [0, 0.1) is 12.7 Å². The van der Waals surface area contributed by atoms with Crippen molar-refractivity contribution in [2.75, 3.05) is 6.61 Å². The third kappa shape index (κ3) is 3.92. The number of aromatic nitrogens is 1. The molecular weight excluding hydrogens is 409 g/mol. The molecule has 0 saturated carbocycles. The number of hydrogen-bond acceptors (Lipinski definition) is 4. The lowest BCUT2D eigenvalue weighted by atomic mass is 9.97. The predicted molar refractivity (Wildman–Crippen MR) is 114 cm³/mol. The normalized spacial score (nSPS) is 12.2. The molecular formula is C23H23ClFNO4. The summed E-state index contributed by atoms with van der Waals surface area (Å²) in [4.78, 5) is 25.8. The van der Waals surface area contributed by atoms with Gasteiger partial charge in [-0.05, 0) is 62.2 Å². The van der Waals surface area contributed by atoms with Gasteiger partial charge >= 0.3 is 5.97 Å². The van der Waals surface area contributed by atoms with Crippen LogP contribution in [-0.4, -0.2) is 28.2 Å². The molecule has 7 heteroatoms. The molecule has 3 rings (SSSR count). The van der Waals surface area contributed by atoms with Crippen LogP contribution < -0.4 is 0 Å². The maximum absolute atomic E-state index is 15.0. The number of benzene rings is 2. The first kappa shape index (κ1) is 21.8. The zero-order valence-electron chi connectivity index (χ0n) is 17.0. The minimum Gasteiger partial charge on any atom is -0.505 e. The number of unbranched alkanes of at least 4 members (excludes halogenated alkanes) is 1. The van der Waals surface area contributed by atoms with E-state index in [0.29, 0.717) is 21.8 Å². The second kappa shape index (κ2) is 8.88. The van der Waals surface area contributed by atoms with Gasteiger partial charge in [0.2, 0.25) is 0 Å². The highest BCUT2D eigenvalue weighted by molar-refractivity contribution is 6.30. The lowest BCUT2D eigenvalue weighted by Gasteiger charge is -2.13. The lowest BCUT2D eigenvalue weighted by Crippen LogP contribution is -2.17. The number of carbonyl (C=O) groups excluding carboxylic acids is 2. The van der Waals surface area contributed by atoms with Crippen molar-refractivity contribution in [3.63, 3.8) is 0 Å². The van der Waals surface area contributed by atoms with E-state index in [0.717, 1.165) is 12.8 Å². The van der Waals surface area contributed by atoms with Crippen molar-refractivity contribution in [3.05, 3.63) is 64.1 Å². The molecule has 1 atom stereocenters. The third-order valence-corrected chi connectivity index (χ3v) is 5.41. The summed E-state index contributed by atoms with van der Waals surface area (Å²) in [6.45, 7) is 5.51. The van der Waals surface area contributed by atoms with Crippen molar-refractivity contribution in [1.29, 1.82) is 0 Å². The number of nitrogens with zero attached hydrogens (tertiary/aromatic N) is 1. The fourth-order valence-corrected chi connectivity index (χ4v) is 3.68. The summed E-state index contributed by atoms with van der Waals surface area (Å²) in [5.74, 6) is -3.14. The summed E-state index contributed by atoms with van der Waals surface area (Å²) < 4.78 is 21.6. The summed E-state index contributed by atoms with van der Waals surface area (Å²) in [7, 11) is 0. The van der Waals surface area contributed by atoms with Crippen LogP contribution in [0.5, 0.6) is 5.75 Å². The molecule has 0 amide bonds. The van der Waals surface area contributed by atoms with E-state index in [4.69, 9.17) is 16.3 Å². The molecule has 3 aromatic rings. The Bertz CT molecular complexity index is 1100. The number of rotatable bonds is 6. The average Bonchev–Trinajstić information content (AvgIpc) is 3.02. The Labute approximate surface area is 179 Å². The SMILES string of the molecule is CCCCOC(=O)[C@H](C)c1c(C)n(C(=O)c2ccc(Cl)cc2)c2ccc(O)c(F)c12. The number of phenols is 1. The van der Waals surface area contributed by atoms with Gasteiger partial charge in [0.05, 0.1) is 18.0 Å². The molecule has 1 N–H and O–H groups in total. The standard InChI is InChI=1S/C23H23ClFNO4/c1-4-5-12-30-23(29)13(2)19-14(3)26(17-10-11-18(27)21(25)20(17)19)22(28)15-6-8-16(24)9-7-15/h6-11,13,27H,4-5,12H2,1-3H3/t13-/m1/s1. The lowest BCUT2D eigenvalue weighted by molar-refractivity contribution is -0.145.